The molecule has 9 nitrogen and oxygen atoms in total. The highest BCUT2D eigenvalue weighted by atomic mass is 32.2. The molecule has 2 aromatic rings. The molecule has 2 rings (SSSR count). The first kappa shape index (κ1) is 22.1. The number of rotatable bonds is 9. The van der Waals surface area contributed by atoms with Crippen molar-refractivity contribution in [1.29, 1.82) is 0 Å². The largest absolute Gasteiger partial charge is 0.493 e. The Morgan fingerprint density at radius 3 is 2.38 bits per heavy atom. The van der Waals surface area contributed by atoms with E-state index < -0.39 is 34.2 Å². The fourth-order valence-electron chi connectivity index (χ4n) is 2.29. The number of primary amides is 1. The van der Waals surface area contributed by atoms with Crippen LogP contribution in [0.1, 0.15) is 0 Å². The van der Waals surface area contributed by atoms with Crippen molar-refractivity contribution in [2.75, 3.05) is 32.6 Å². The van der Waals surface area contributed by atoms with Gasteiger partial charge in [-0.1, -0.05) is 0 Å². The average molecular weight is 425 g/mol. The summed E-state index contributed by atoms with van der Waals surface area (Å²) >= 11 is 0. The second-order valence-corrected chi connectivity index (χ2v) is 7.93. The summed E-state index contributed by atoms with van der Waals surface area (Å²) in [6.07, 6.45) is 0. The maximum absolute atomic E-state index is 13.0. The van der Waals surface area contributed by atoms with E-state index in [0.29, 0.717) is 11.4 Å². The number of benzene rings is 2. The molecule has 2 aromatic carbocycles. The average Bonchev–Trinajstić information content (AvgIpc) is 2.66. The number of methoxy groups -OCH3 is 1. The number of hydrogen-bond donors (Lipinski definition) is 2. The van der Waals surface area contributed by atoms with Crippen molar-refractivity contribution in [1.82, 2.24) is 4.31 Å². The zero-order valence-electron chi connectivity index (χ0n) is 15.7. The predicted molar refractivity (Wildman–Crippen MR) is 103 cm³/mol. The van der Waals surface area contributed by atoms with Crippen LogP contribution in [0.25, 0.3) is 0 Å². The molecule has 0 spiro atoms. The van der Waals surface area contributed by atoms with Crippen LogP contribution in [0, 0.1) is 5.82 Å². The molecule has 2 amide bonds. The molecule has 0 saturated carbocycles. The molecule has 156 valence electrons. The third-order valence-corrected chi connectivity index (χ3v) is 5.52. The smallest absolute Gasteiger partial charge is 0.255 e. The van der Waals surface area contributed by atoms with E-state index in [2.05, 4.69) is 5.32 Å². The summed E-state index contributed by atoms with van der Waals surface area (Å²) in [6.45, 7) is -0.865. The summed E-state index contributed by atoms with van der Waals surface area (Å²) in [5.41, 5.74) is 5.34. The van der Waals surface area contributed by atoms with Crippen LogP contribution in [0.4, 0.5) is 10.1 Å². The van der Waals surface area contributed by atoms with Gasteiger partial charge in [-0.25, -0.2) is 12.8 Å². The Hall–Kier alpha value is -3.18. The summed E-state index contributed by atoms with van der Waals surface area (Å²) in [5, 5.41) is 2.53. The predicted octanol–water partition coefficient (Wildman–Crippen LogP) is 0.958. The molecule has 0 aliphatic carbocycles. The Morgan fingerprint density at radius 1 is 1.14 bits per heavy atom. The van der Waals surface area contributed by atoms with Crippen molar-refractivity contribution in [3.8, 4) is 11.5 Å². The minimum atomic E-state index is -3.97. The normalized spacial score (nSPS) is 11.2. The van der Waals surface area contributed by atoms with E-state index in [1.807, 2.05) is 0 Å². The van der Waals surface area contributed by atoms with Gasteiger partial charge in [0, 0.05) is 18.8 Å². The standard InChI is InChI=1S/C18H20FN3O6S/c1-22(29(25,26)14-6-3-12(19)4-7-14)10-18(24)21-13-5-8-15(27-2)16(9-13)28-11-17(20)23/h3-9H,10-11H2,1-2H3,(H2,20,23)(H,21,24). The summed E-state index contributed by atoms with van der Waals surface area (Å²) < 4.78 is 49.1. The lowest BCUT2D eigenvalue weighted by Crippen LogP contribution is -2.35. The first-order chi connectivity index (χ1) is 13.6. The zero-order chi connectivity index (χ0) is 21.6. The molecule has 0 aromatic heterocycles. The van der Waals surface area contributed by atoms with E-state index in [9.17, 15) is 22.4 Å². The second kappa shape index (κ2) is 9.34. The molecule has 0 bridgehead atoms. The van der Waals surface area contributed by atoms with E-state index in [1.54, 1.807) is 0 Å². The van der Waals surface area contributed by atoms with Crippen LogP contribution in [0.5, 0.6) is 11.5 Å². The minimum Gasteiger partial charge on any atom is -0.493 e. The van der Waals surface area contributed by atoms with E-state index in [1.165, 1.54) is 32.4 Å². The van der Waals surface area contributed by atoms with Crippen molar-refractivity contribution >= 4 is 27.5 Å². The van der Waals surface area contributed by atoms with Gasteiger partial charge in [-0.05, 0) is 36.4 Å². The number of hydrogen-bond acceptors (Lipinski definition) is 6. The maximum Gasteiger partial charge on any atom is 0.255 e. The van der Waals surface area contributed by atoms with Crippen LogP contribution in [0.3, 0.4) is 0 Å². The molecular weight excluding hydrogens is 405 g/mol. The summed E-state index contributed by atoms with van der Waals surface area (Å²) in [4.78, 5) is 23.0. The Morgan fingerprint density at radius 2 is 1.79 bits per heavy atom. The van der Waals surface area contributed by atoms with Gasteiger partial charge in [0.05, 0.1) is 18.6 Å². The number of nitrogens with two attached hydrogens (primary N) is 1. The lowest BCUT2D eigenvalue weighted by molar-refractivity contribution is -0.120. The van der Waals surface area contributed by atoms with Gasteiger partial charge in [0.1, 0.15) is 5.82 Å². The van der Waals surface area contributed by atoms with E-state index in [4.69, 9.17) is 15.2 Å². The van der Waals surface area contributed by atoms with Crippen LogP contribution in [-0.2, 0) is 19.6 Å². The molecule has 0 unspecified atom stereocenters. The van der Waals surface area contributed by atoms with Crippen molar-refractivity contribution in [3.05, 3.63) is 48.3 Å². The highest BCUT2D eigenvalue weighted by Crippen LogP contribution is 2.30. The zero-order valence-corrected chi connectivity index (χ0v) is 16.5. The van der Waals surface area contributed by atoms with Crippen LogP contribution < -0.4 is 20.5 Å². The highest BCUT2D eigenvalue weighted by molar-refractivity contribution is 7.89. The molecule has 0 atom stereocenters. The Labute approximate surface area is 167 Å². The second-order valence-electron chi connectivity index (χ2n) is 5.88. The third kappa shape index (κ3) is 5.90. The van der Waals surface area contributed by atoms with Gasteiger partial charge in [-0.15, -0.1) is 0 Å². The lowest BCUT2D eigenvalue weighted by Gasteiger charge is -2.17. The molecule has 0 fully saturated rings. The highest BCUT2D eigenvalue weighted by Gasteiger charge is 2.23. The monoisotopic (exact) mass is 425 g/mol. The van der Waals surface area contributed by atoms with E-state index in [0.717, 1.165) is 28.6 Å². The molecule has 0 saturated heterocycles. The van der Waals surface area contributed by atoms with Crippen molar-refractivity contribution in [3.63, 3.8) is 0 Å². The molecule has 0 aliphatic heterocycles. The van der Waals surface area contributed by atoms with Gasteiger partial charge in [-0.2, -0.15) is 4.31 Å². The van der Waals surface area contributed by atoms with Gasteiger partial charge in [-0.3, -0.25) is 9.59 Å². The molecule has 0 radical (unpaired) electrons. The minimum absolute atomic E-state index is 0.138. The number of carbonyl (C=O) groups is 2. The van der Waals surface area contributed by atoms with Crippen molar-refractivity contribution in [2.45, 2.75) is 4.90 Å². The molecule has 0 heterocycles. The molecule has 11 heteroatoms. The molecule has 3 N–H and O–H groups in total. The number of ether oxygens (including phenoxy) is 2. The third-order valence-electron chi connectivity index (χ3n) is 3.71. The summed E-state index contributed by atoms with van der Waals surface area (Å²) in [7, 11) is -1.34. The van der Waals surface area contributed by atoms with Gasteiger partial charge >= 0.3 is 0 Å². The fraction of sp³-hybridized carbons (Fsp3) is 0.222. The number of amides is 2. The quantitative estimate of drug-likeness (QED) is 0.616. The topological polar surface area (TPSA) is 128 Å². The molecule has 0 aliphatic rings. The van der Waals surface area contributed by atoms with Gasteiger partial charge in [0.25, 0.3) is 5.91 Å². The summed E-state index contributed by atoms with van der Waals surface area (Å²) in [5.74, 6) is -1.38. The number of anilines is 1. The Bertz CT molecular complexity index is 995. The Balaban J connectivity index is 2.08. The Kier molecular flexibility index (Phi) is 7.13. The number of likely N-dealkylation sites (N-methyl/N-ethyl adjacent to an activating group) is 1. The SMILES string of the molecule is COc1ccc(NC(=O)CN(C)S(=O)(=O)c2ccc(F)cc2)cc1OCC(N)=O. The maximum atomic E-state index is 13.0. The van der Waals surface area contributed by atoms with Crippen molar-refractivity contribution in [2.24, 2.45) is 5.73 Å². The first-order valence-corrected chi connectivity index (χ1v) is 9.68. The lowest BCUT2D eigenvalue weighted by atomic mass is 10.2. The van der Waals surface area contributed by atoms with Crippen LogP contribution in [-0.4, -0.2) is 51.8 Å². The van der Waals surface area contributed by atoms with Crippen molar-refractivity contribution < 1.29 is 31.9 Å². The van der Waals surface area contributed by atoms with Gasteiger partial charge < -0.3 is 20.5 Å². The van der Waals surface area contributed by atoms with Gasteiger partial charge in [0.15, 0.2) is 18.1 Å². The van der Waals surface area contributed by atoms with E-state index >= 15 is 0 Å². The van der Waals surface area contributed by atoms with E-state index in [-0.39, 0.29) is 17.3 Å². The number of nitrogens with one attached hydrogen (secondary N) is 1. The summed E-state index contributed by atoms with van der Waals surface area (Å²) in [6, 6.07) is 8.70. The van der Waals surface area contributed by atoms with Gasteiger partial charge in [0.2, 0.25) is 15.9 Å². The molecule has 29 heavy (non-hydrogen) atoms. The number of halogens is 1. The number of nitrogens with zero attached hydrogens (tertiary/aromatic N) is 1. The first-order valence-electron chi connectivity index (χ1n) is 8.24. The molecular formula is C18H20FN3O6S. The fourth-order valence-corrected chi connectivity index (χ4v) is 3.42. The number of carbonyl (C=O) groups excluding carboxylic acids is 2. The van der Waals surface area contributed by atoms with Crippen LogP contribution >= 0.6 is 0 Å². The number of sulfonamides is 1. The van der Waals surface area contributed by atoms with Crippen LogP contribution in [0.15, 0.2) is 47.4 Å². The van der Waals surface area contributed by atoms with Crippen LogP contribution in [0.2, 0.25) is 0 Å².